The molecule has 0 aliphatic heterocycles. The van der Waals surface area contributed by atoms with Gasteiger partial charge in [0, 0.05) is 13.1 Å². The number of nitrogens with zero attached hydrogens (tertiary/aromatic N) is 2. The van der Waals surface area contributed by atoms with Gasteiger partial charge in [0.1, 0.15) is 11.1 Å². The molecule has 0 saturated heterocycles. The fraction of sp³-hybridized carbons (Fsp3) is 0.250. The van der Waals surface area contributed by atoms with E-state index in [4.69, 9.17) is 9.26 Å². The second-order valence-corrected chi connectivity index (χ2v) is 4.84. The van der Waals surface area contributed by atoms with Crippen LogP contribution in [0.3, 0.4) is 0 Å². The van der Waals surface area contributed by atoms with Crippen molar-refractivity contribution in [3.63, 3.8) is 0 Å². The summed E-state index contributed by atoms with van der Waals surface area (Å²) < 4.78 is 12.1. The summed E-state index contributed by atoms with van der Waals surface area (Å²) in [5.74, 6) is 0.776. The molecule has 0 aliphatic rings. The van der Waals surface area contributed by atoms with Crippen LogP contribution in [0.5, 0.6) is 5.75 Å². The smallest absolute Gasteiger partial charge is 0.263 e. The predicted molar refractivity (Wildman–Crippen MR) is 80.6 cm³/mol. The molecular weight excluding hydrogens is 268 g/mol. The van der Waals surface area contributed by atoms with Gasteiger partial charge in [-0.15, -0.1) is 0 Å². The molecule has 5 heteroatoms. The molecule has 0 saturated carbocycles. The number of benzene rings is 1. The second-order valence-electron chi connectivity index (χ2n) is 4.84. The number of pyridine rings is 1. The van der Waals surface area contributed by atoms with E-state index in [-0.39, 0.29) is 5.56 Å². The van der Waals surface area contributed by atoms with E-state index in [0.29, 0.717) is 23.1 Å². The zero-order valence-corrected chi connectivity index (χ0v) is 12.2. The molecule has 21 heavy (non-hydrogen) atoms. The summed E-state index contributed by atoms with van der Waals surface area (Å²) in [6, 6.07) is 9.40. The molecule has 2 aromatic heterocycles. The molecule has 0 radical (unpaired) electrons. The quantitative estimate of drug-likeness (QED) is 0.742. The maximum Gasteiger partial charge on any atom is 0.263 e. The molecule has 3 rings (SSSR count). The first-order valence-corrected chi connectivity index (χ1v) is 6.78. The van der Waals surface area contributed by atoms with Crippen molar-refractivity contribution in [1.82, 2.24) is 9.72 Å². The van der Waals surface area contributed by atoms with Crippen LogP contribution in [0.1, 0.15) is 12.6 Å². The van der Waals surface area contributed by atoms with Crippen LogP contribution < -0.4 is 10.3 Å². The lowest BCUT2D eigenvalue weighted by Crippen LogP contribution is -2.18. The van der Waals surface area contributed by atoms with Crippen LogP contribution in [-0.2, 0) is 13.5 Å². The van der Waals surface area contributed by atoms with Crippen molar-refractivity contribution >= 4 is 11.0 Å². The highest BCUT2D eigenvalue weighted by Crippen LogP contribution is 2.25. The third kappa shape index (κ3) is 2.11. The van der Waals surface area contributed by atoms with Gasteiger partial charge in [-0.3, -0.25) is 4.79 Å². The number of hydrogen-bond acceptors (Lipinski definition) is 4. The van der Waals surface area contributed by atoms with Crippen molar-refractivity contribution in [2.24, 2.45) is 7.05 Å². The van der Waals surface area contributed by atoms with Gasteiger partial charge in [0.2, 0.25) is 0 Å². The molecule has 3 aromatic rings. The summed E-state index contributed by atoms with van der Waals surface area (Å²) in [6.07, 6.45) is 0.671. The zero-order valence-electron chi connectivity index (χ0n) is 12.2. The van der Waals surface area contributed by atoms with E-state index in [9.17, 15) is 4.79 Å². The van der Waals surface area contributed by atoms with Crippen molar-refractivity contribution in [3.8, 4) is 17.0 Å². The van der Waals surface area contributed by atoms with Gasteiger partial charge in [-0.25, -0.2) is 0 Å². The molecule has 0 amide bonds. The first-order valence-electron chi connectivity index (χ1n) is 6.78. The Balaban J connectivity index is 2.23. The maximum atomic E-state index is 12.5. The average molecular weight is 284 g/mol. The lowest BCUT2D eigenvalue weighted by atomic mass is 10.1. The maximum absolute atomic E-state index is 12.5. The Labute approximate surface area is 121 Å². The zero-order chi connectivity index (χ0) is 15.0. The summed E-state index contributed by atoms with van der Waals surface area (Å²) in [4.78, 5) is 12.5. The van der Waals surface area contributed by atoms with Gasteiger partial charge < -0.3 is 13.8 Å². The van der Waals surface area contributed by atoms with Gasteiger partial charge in [0.05, 0.1) is 18.5 Å². The lowest BCUT2D eigenvalue weighted by molar-refractivity contribution is 0.415. The van der Waals surface area contributed by atoms with Gasteiger partial charge in [0.25, 0.3) is 5.56 Å². The van der Waals surface area contributed by atoms with E-state index in [1.165, 1.54) is 0 Å². The topological polar surface area (TPSA) is 57.3 Å². The first-order chi connectivity index (χ1) is 10.2. The summed E-state index contributed by atoms with van der Waals surface area (Å²) in [5, 5.41) is 4.54. The van der Waals surface area contributed by atoms with Gasteiger partial charge >= 0.3 is 0 Å². The first kappa shape index (κ1) is 13.4. The summed E-state index contributed by atoms with van der Waals surface area (Å²) in [5.41, 5.74) is 2.85. The number of ether oxygens (including phenoxy) is 1. The fourth-order valence-corrected chi connectivity index (χ4v) is 2.44. The van der Waals surface area contributed by atoms with Gasteiger partial charge in [-0.1, -0.05) is 12.1 Å². The minimum Gasteiger partial charge on any atom is -0.497 e. The van der Waals surface area contributed by atoms with Crippen molar-refractivity contribution in [3.05, 3.63) is 46.4 Å². The normalized spacial score (nSPS) is 11.0. The molecule has 0 atom stereocenters. The van der Waals surface area contributed by atoms with Gasteiger partial charge in [0.15, 0.2) is 5.58 Å². The number of hydrogen-bond donors (Lipinski definition) is 0. The van der Waals surface area contributed by atoms with E-state index in [1.54, 1.807) is 18.7 Å². The number of rotatable bonds is 3. The minimum absolute atomic E-state index is 0.0866. The number of aryl methyl sites for hydroxylation is 1. The van der Waals surface area contributed by atoms with E-state index in [1.807, 2.05) is 37.3 Å². The molecule has 0 bridgehead atoms. The average Bonchev–Trinajstić information content (AvgIpc) is 2.94. The Morgan fingerprint density at radius 2 is 2.00 bits per heavy atom. The molecular formula is C16H16N2O3. The standard InChI is InChI=1S/C16H16N2O3/c1-4-12-15-14(21-17-12)9-13(18(2)16(15)19)10-5-7-11(20-3)8-6-10/h5-9H,4H2,1-3H3. The van der Waals surface area contributed by atoms with Crippen molar-refractivity contribution in [2.75, 3.05) is 7.11 Å². The third-order valence-corrected chi connectivity index (χ3v) is 3.66. The van der Waals surface area contributed by atoms with Crippen LogP contribution in [-0.4, -0.2) is 16.8 Å². The molecule has 108 valence electrons. The SMILES string of the molecule is CCc1noc2cc(-c3ccc(OC)cc3)n(C)c(=O)c12. The van der Waals surface area contributed by atoms with E-state index < -0.39 is 0 Å². The Morgan fingerprint density at radius 3 is 2.62 bits per heavy atom. The number of aromatic nitrogens is 2. The van der Waals surface area contributed by atoms with E-state index >= 15 is 0 Å². The molecule has 0 N–H and O–H groups in total. The monoisotopic (exact) mass is 284 g/mol. The Bertz CT molecular complexity index is 844. The van der Waals surface area contributed by atoms with E-state index in [2.05, 4.69) is 5.16 Å². The molecule has 0 aliphatic carbocycles. The molecule has 0 fully saturated rings. The van der Waals surface area contributed by atoms with Crippen molar-refractivity contribution in [1.29, 1.82) is 0 Å². The summed E-state index contributed by atoms with van der Waals surface area (Å²) >= 11 is 0. The molecule has 5 nitrogen and oxygen atoms in total. The van der Waals surface area contributed by atoms with Crippen LogP contribution in [0.2, 0.25) is 0 Å². The third-order valence-electron chi connectivity index (χ3n) is 3.66. The van der Waals surface area contributed by atoms with Crippen LogP contribution in [0.25, 0.3) is 22.2 Å². The van der Waals surface area contributed by atoms with Gasteiger partial charge in [-0.2, -0.15) is 0 Å². The molecule has 1 aromatic carbocycles. The largest absolute Gasteiger partial charge is 0.497 e. The highest BCUT2D eigenvalue weighted by molar-refractivity contribution is 5.82. The molecule has 0 unspecified atom stereocenters. The van der Waals surface area contributed by atoms with Crippen LogP contribution in [0.15, 0.2) is 39.6 Å². The second kappa shape index (κ2) is 5.09. The lowest BCUT2D eigenvalue weighted by Gasteiger charge is -2.09. The fourth-order valence-electron chi connectivity index (χ4n) is 2.44. The molecule has 2 heterocycles. The molecule has 0 spiro atoms. The van der Waals surface area contributed by atoms with Crippen LogP contribution in [0, 0.1) is 0 Å². The Hall–Kier alpha value is -2.56. The van der Waals surface area contributed by atoms with Crippen LogP contribution in [0.4, 0.5) is 0 Å². The van der Waals surface area contributed by atoms with Gasteiger partial charge in [-0.05, 0) is 36.2 Å². The number of fused-ring (bicyclic) bond motifs is 1. The minimum atomic E-state index is -0.0866. The highest BCUT2D eigenvalue weighted by Gasteiger charge is 2.15. The number of methoxy groups -OCH3 is 1. The van der Waals surface area contributed by atoms with E-state index in [0.717, 1.165) is 17.0 Å². The van der Waals surface area contributed by atoms with Crippen molar-refractivity contribution in [2.45, 2.75) is 13.3 Å². The summed E-state index contributed by atoms with van der Waals surface area (Å²) in [6.45, 7) is 1.95. The van der Waals surface area contributed by atoms with Crippen LogP contribution >= 0.6 is 0 Å². The Morgan fingerprint density at radius 1 is 1.29 bits per heavy atom. The highest BCUT2D eigenvalue weighted by atomic mass is 16.5. The Kier molecular flexibility index (Phi) is 3.25. The van der Waals surface area contributed by atoms with Crippen molar-refractivity contribution < 1.29 is 9.26 Å². The predicted octanol–water partition coefficient (Wildman–Crippen LogP) is 2.76. The summed E-state index contributed by atoms with van der Waals surface area (Å²) in [7, 11) is 3.38.